The summed E-state index contributed by atoms with van der Waals surface area (Å²) in [5.74, 6) is -4.36. The Labute approximate surface area is 129 Å². The summed E-state index contributed by atoms with van der Waals surface area (Å²) >= 11 is 0. The highest BCUT2D eigenvalue weighted by Gasteiger charge is 2.30. The first-order valence-electron chi connectivity index (χ1n) is 6.71. The number of hydrogen-bond donors (Lipinski definition) is 2. The molecule has 1 heterocycles. The lowest BCUT2D eigenvalue weighted by atomic mass is 10.3. The van der Waals surface area contributed by atoms with Crippen LogP contribution in [0.25, 0.3) is 0 Å². The summed E-state index contributed by atoms with van der Waals surface area (Å²) in [4.78, 5) is 46.7. The van der Waals surface area contributed by atoms with Gasteiger partial charge in [0.05, 0.1) is 6.54 Å². The standard InChI is InChI=1S/C14H13F2N3O4/c15-9-2-1-8(5-10(9)16)18-11(20)6-17-12(21)7-19-13(22)3-4-14(19)23/h1-2,5H,3-4,6-7H2,(H,17,21)(H,18,20). The van der Waals surface area contributed by atoms with Crippen LogP contribution in [0.1, 0.15) is 12.8 Å². The van der Waals surface area contributed by atoms with Crippen molar-refractivity contribution in [3.05, 3.63) is 29.8 Å². The Balaban J connectivity index is 1.79. The fourth-order valence-corrected chi connectivity index (χ4v) is 1.96. The van der Waals surface area contributed by atoms with E-state index in [-0.39, 0.29) is 18.5 Å². The minimum absolute atomic E-state index is 0.0352. The smallest absolute Gasteiger partial charge is 0.243 e. The molecule has 0 atom stereocenters. The summed E-state index contributed by atoms with van der Waals surface area (Å²) in [5.41, 5.74) is 0.0352. The highest BCUT2D eigenvalue weighted by atomic mass is 19.2. The molecule has 1 aliphatic heterocycles. The summed E-state index contributed by atoms with van der Waals surface area (Å²) < 4.78 is 25.7. The molecular formula is C14H13F2N3O4. The molecule has 0 saturated carbocycles. The van der Waals surface area contributed by atoms with Gasteiger partial charge in [-0.15, -0.1) is 0 Å². The molecule has 0 spiro atoms. The van der Waals surface area contributed by atoms with Crippen molar-refractivity contribution < 1.29 is 28.0 Å². The lowest BCUT2D eigenvalue weighted by Gasteiger charge is -2.13. The Kier molecular flexibility index (Phi) is 4.99. The molecule has 4 amide bonds. The van der Waals surface area contributed by atoms with Crippen molar-refractivity contribution in [1.29, 1.82) is 0 Å². The molecule has 23 heavy (non-hydrogen) atoms. The highest BCUT2D eigenvalue weighted by Crippen LogP contribution is 2.13. The molecule has 1 aromatic rings. The van der Waals surface area contributed by atoms with Crippen molar-refractivity contribution in [3.8, 4) is 0 Å². The van der Waals surface area contributed by atoms with Crippen molar-refractivity contribution in [3.63, 3.8) is 0 Å². The predicted molar refractivity (Wildman–Crippen MR) is 74.0 cm³/mol. The molecule has 1 aromatic carbocycles. The number of nitrogens with zero attached hydrogens (tertiary/aromatic N) is 1. The number of rotatable bonds is 5. The number of carbonyl (C=O) groups is 4. The van der Waals surface area contributed by atoms with Gasteiger partial charge >= 0.3 is 0 Å². The highest BCUT2D eigenvalue weighted by molar-refractivity contribution is 6.04. The number of halogens is 2. The lowest BCUT2D eigenvalue weighted by Crippen LogP contribution is -2.42. The summed E-state index contributed by atoms with van der Waals surface area (Å²) in [7, 11) is 0. The number of nitrogens with one attached hydrogen (secondary N) is 2. The number of likely N-dealkylation sites (tertiary alicyclic amines) is 1. The van der Waals surface area contributed by atoms with Gasteiger partial charge in [0.25, 0.3) is 0 Å². The Morgan fingerprint density at radius 3 is 2.30 bits per heavy atom. The molecule has 1 fully saturated rings. The molecule has 0 radical (unpaired) electrons. The molecule has 2 rings (SSSR count). The van der Waals surface area contributed by atoms with E-state index in [9.17, 15) is 28.0 Å². The van der Waals surface area contributed by atoms with Gasteiger partial charge in [-0.1, -0.05) is 0 Å². The van der Waals surface area contributed by atoms with Crippen LogP contribution in [-0.2, 0) is 19.2 Å². The number of amides is 4. The van der Waals surface area contributed by atoms with Gasteiger partial charge in [-0.25, -0.2) is 8.78 Å². The van der Waals surface area contributed by atoms with Gasteiger partial charge in [0.1, 0.15) is 6.54 Å². The maximum Gasteiger partial charge on any atom is 0.243 e. The number of carbonyl (C=O) groups excluding carboxylic acids is 4. The molecule has 7 nitrogen and oxygen atoms in total. The van der Waals surface area contributed by atoms with Gasteiger partial charge in [-0.05, 0) is 12.1 Å². The average Bonchev–Trinajstić information content (AvgIpc) is 2.81. The molecule has 0 aliphatic carbocycles. The molecule has 0 unspecified atom stereocenters. The van der Waals surface area contributed by atoms with Gasteiger partial charge in [0.15, 0.2) is 11.6 Å². The van der Waals surface area contributed by atoms with Crippen LogP contribution in [0, 0.1) is 11.6 Å². The average molecular weight is 325 g/mol. The third kappa shape index (κ3) is 4.31. The molecule has 0 bridgehead atoms. The maximum absolute atomic E-state index is 13.0. The predicted octanol–water partition coefficient (Wildman–Crippen LogP) is 0.168. The molecule has 122 valence electrons. The van der Waals surface area contributed by atoms with Crippen LogP contribution >= 0.6 is 0 Å². The fourth-order valence-electron chi connectivity index (χ4n) is 1.96. The van der Waals surface area contributed by atoms with E-state index < -0.39 is 48.4 Å². The van der Waals surface area contributed by atoms with E-state index in [2.05, 4.69) is 10.6 Å². The monoisotopic (exact) mass is 325 g/mol. The van der Waals surface area contributed by atoms with Crippen LogP contribution in [0.2, 0.25) is 0 Å². The Morgan fingerprint density at radius 2 is 1.70 bits per heavy atom. The number of benzene rings is 1. The van der Waals surface area contributed by atoms with Crippen molar-refractivity contribution in [2.75, 3.05) is 18.4 Å². The molecular weight excluding hydrogens is 312 g/mol. The van der Waals surface area contributed by atoms with Gasteiger partial charge in [-0.3, -0.25) is 24.1 Å². The first-order valence-corrected chi connectivity index (χ1v) is 6.71. The number of imide groups is 1. The largest absolute Gasteiger partial charge is 0.345 e. The summed E-state index contributed by atoms with van der Waals surface area (Å²) in [6.07, 6.45) is 0.144. The third-order valence-corrected chi connectivity index (χ3v) is 3.11. The second-order valence-electron chi connectivity index (χ2n) is 4.83. The van der Waals surface area contributed by atoms with Crippen molar-refractivity contribution >= 4 is 29.3 Å². The molecule has 0 aromatic heterocycles. The minimum Gasteiger partial charge on any atom is -0.345 e. The van der Waals surface area contributed by atoms with Crippen molar-refractivity contribution in [2.45, 2.75) is 12.8 Å². The fraction of sp³-hybridized carbons (Fsp3) is 0.286. The zero-order valence-electron chi connectivity index (χ0n) is 11.9. The van der Waals surface area contributed by atoms with E-state index in [4.69, 9.17) is 0 Å². The minimum atomic E-state index is -1.11. The van der Waals surface area contributed by atoms with Crippen molar-refractivity contribution in [1.82, 2.24) is 10.2 Å². The van der Waals surface area contributed by atoms with E-state index >= 15 is 0 Å². The zero-order valence-corrected chi connectivity index (χ0v) is 11.9. The normalized spacial score (nSPS) is 14.1. The number of hydrogen-bond acceptors (Lipinski definition) is 4. The topological polar surface area (TPSA) is 95.6 Å². The lowest BCUT2D eigenvalue weighted by molar-refractivity contribution is -0.142. The van der Waals surface area contributed by atoms with Crippen LogP contribution in [0.4, 0.5) is 14.5 Å². The number of anilines is 1. The maximum atomic E-state index is 13.0. The van der Waals surface area contributed by atoms with E-state index in [1.54, 1.807) is 0 Å². The molecule has 9 heteroatoms. The summed E-state index contributed by atoms with van der Waals surface area (Å²) in [6.45, 7) is -0.885. The first-order chi connectivity index (χ1) is 10.9. The third-order valence-electron chi connectivity index (χ3n) is 3.11. The van der Waals surface area contributed by atoms with Gasteiger partial charge in [-0.2, -0.15) is 0 Å². The molecule has 2 N–H and O–H groups in total. The quantitative estimate of drug-likeness (QED) is 0.754. The van der Waals surface area contributed by atoms with Crippen LogP contribution in [0.3, 0.4) is 0 Å². The van der Waals surface area contributed by atoms with E-state index in [1.807, 2.05) is 0 Å². The van der Waals surface area contributed by atoms with Crippen LogP contribution < -0.4 is 10.6 Å². The second kappa shape index (κ2) is 6.95. The van der Waals surface area contributed by atoms with Gasteiger partial charge in [0, 0.05) is 24.6 Å². The zero-order chi connectivity index (χ0) is 17.0. The Hall–Kier alpha value is -2.84. The molecule has 1 aliphatic rings. The summed E-state index contributed by atoms with van der Waals surface area (Å²) in [5, 5.41) is 4.50. The Morgan fingerprint density at radius 1 is 1.04 bits per heavy atom. The van der Waals surface area contributed by atoms with Crippen LogP contribution in [-0.4, -0.2) is 41.6 Å². The van der Waals surface area contributed by atoms with E-state index in [0.717, 1.165) is 17.0 Å². The second-order valence-corrected chi connectivity index (χ2v) is 4.83. The van der Waals surface area contributed by atoms with Crippen LogP contribution in [0.15, 0.2) is 18.2 Å². The first kappa shape index (κ1) is 16.5. The SMILES string of the molecule is O=C(CN1C(=O)CCC1=O)NCC(=O)Nc1ccc(F)c(F)c1. The molecule has 1 saturated heterocycles. The van der Waals surface area contributed by atoms with E-state index in [1.165, 1.54) is 6.07 Å². The summed E-state index contributed by atoms with van der Waals surface area (Å²) in [6, 6.07) is 2.82. The van der Waals surface area contributed by atoms with Crippen molar-refractivity contribution in [2.24, 2.45) is 0 Å². The van der Waals surface area contributed by atoms with Gasteiger partial charge < -0.3 is 10.6 Å². The van der Waals surface area contributed by atoms with E-state index in [0.29, 0.717) is 0 Å². The Bertz CT molecular complexity index is 662. The van der Waals surface area contributed by atoms with Gasteiger partial charge in [0.2, 0.25) is 23.6 Å². The van der Waals surface area contributed by atoms with Crippen LogP contribution in [0.5, 0.6) is 0 Å².